The van der Waals surface area contributed by atoms with E-state index in [4.69, 9.17) is 26.2 Å². The number of hydrogen-bond donors (Lipinski definition) is 4. The third kappa shape index (κ3) is 4.68. The molecule has 1 aliphatic rings. The first-order valence-electron chi connectivity index (χ1n) is 8.42. The summed E-state index contributed by atoms with van der Waals surface area (Å²) in [7, 11) is -4.49. The number of benzene rings is 1. The van der Waals surface area contributed by atoms with E-state index in [1.54, 1.807) is 0 Å². The summed E-state index contributed by atoms with van der Waals surface area (Å²) in [6.45, 7) is -0.649. The number of carbonyl (C=O) groups is 1. The number of rotatable bonds is 5. The number of aromatic nitrogens is 2. The molecule has 0 unspecified atom stereocenters. The van der Waals surface area contributed by atoms with Gasteiger partial charge in [-0.3, -0.25) is 14.3 Å². The number of aliphatic hydroxyl groups excluding tert-OH is 2. The van der Waals surface area contributed by atoms with Crippen LogP contribution in [-0.4, -0.2) is 59.1 Å². The average molecular weight is 480 g/mol. The maximum absolute atomic E-state index is 13.8. The lowest BCUT2D eigenvalue weighted by Crippen LogP contribution is -2.37. The van der Waals surface area contributed by atoms with Gasteiger partial charge in [0.2, 0.25) is 10.0 Å². The molecule has 0 spiro atoms. The van der Waals surface area contributed by atoms with Crippen molar-refractivity contribution in [3.05, 3.63) is 61.6 Å². The third-order valence-corrected chi connectivity index (χ3v) is 5.63. The molecule has 1 fully saturated rings. The van der Waals surface area contributed by atoms with E-state index in [-0.39, 0.29) is 0 Å². The number of esters is 1. The summed E-state index contributed by atoms with van der Waals surface area (Å²) in [4.78, 5) is 36.3. The van der Waals surface area contributed by atoms with Crippen molar-refractivity contribution in [2.75, 3.05) is 6.61 Å². The second-order valence-corrected chi connectivity index (χ2v) is 8.41. The number of carbonyl (C=O) groups excluding carboxylic acids is 1. The predicted molar refractivity (Wildman–Crippen MR) is 100 cm³/mol. The van der Waals surface area contributed by atoms with Crippen molar-refractivity contribution in [2.24, 2.45) is 5.14 Å². The number of halogens is 2. The van der Waals surface area contributed by atoms with E-state index in [1.807, 2.05) is 4.98 Å². The Labute approximate surface area is 177 Å². The standard InChI is InChI=1S/C16H15ClFN3O9S/c17-7-4-8(18)10(31(19,27)28)3-6(7)15(25)29-5-9-12(23)13(24)14(30-9)21-2-1-11(22)20-16(21)26/h1-4,9,12-14,23-24H,5H2,(H2,19,27,28)(H,20,22,26)/t9-,12-,13-,14-/m1/s1. The van der Waals surface area contributed by atoms with Gasteiger partial charge in [0.25, 0.3) is 5.56 Å². The van der Waals surface area contributed by atoms with Crippen LogP contribution in [0.25, 0.3) is 0 Å². The van der Waals surface area contributed by atoms with Gasteiger partial charge in [-0.1, -0.05) is 11.6 Å². The monoisotopic (exact) mass is 479 g/mol. The topological polar surface area (TPSA) is 191 Å². The molecule has 2 heterocycles. The molecular weight excluding hydrogens is 465 g/mol. The summed E-state index contributed by atoms with van der Waals surface area (Å²) in [6.07, 6.45) is -4.87. The summed E-state index contributed by atoms with van der Waals surface area (Å²) in [6, 6.07) is 2.16. The molecule has 0 radical (unpaired) electrons. The van der Waals surface area contributed by atoms with Crippen LogP contribution >= 0.6 is 11.6 Å². The molecule has 0 saturated carbocycles. The van der Waals surface area contributed by atoms with Crippen LogP contribution in [-0.2, 0) is 19.5 Å². The number of aliphatic hydroxyl groups is 2. The zero-order valence-electron chi connectivity index (χ0n) is 15.3. The summed E-state index contributed by atoms with van der Waals surface area (Å²) in [5.41, 5.74) is -2.11. The first-order chi connectivity index (χ1) is 14.4. The van der Waals surface area contributed by atoms with Gasteiger partial charge in [-0.05, 0) is 12.1 Å². The predicted octanol–water partition coefficient (Wildman–Crippen LogP) is -1.55. The van der Waals surface area contributed by atoms with Gasteiger partial charge in [0.1, 0.15) is 35.6 Å². The Balaban J connectivity index is 1.76. The Hall–Kier alpha value is -2.62. The molecule has 2 aromatic rings. The second-order valence-electron chi connectivity index (χ2n) is 6.47. The highest BCUT2D eigenvalue weighted by atomic mass is 35.5. The number of sulfonamides is 1. The maximum atomic E-state index is 13.8. The molecular formula is C16H15ClFN3O9S. The molecule has 1 aromatic carbocycles. The molecule has 0 bridgehead atoms. The Morgan fingerprint density at radius 1 is 1.32 bits per heavy atom. The number of ether oxygens (including phenoxy) is 2. The number of aromatic amines is 1. The van der Waals surface area contributed by atoms with E-state index in [9.17, 15) is 37.4 Å². The second kappa shape index (κ2) is 8.49. The fourth-order valence-corrected chi connectivity index (χ4v) is 3.70. The fourth-order valence-electron chi connectivity index (χ4n) is 2.86. The quantitative estimate of drug-likeness (QED) is 0.367. The molecule has 15 heteroatoms. The molecule has 1 aromatic heterocycles. The maximum Gasteiger partial charge on any atom is 0.339 e. The van der Waals surface area contributed by atoms with Crippen LogP contribution in [0.4, 0.5) is 4.39 Å². The van der Waals surface area contributed by atoms with Crippen LogP contribution in [0.15, 0.2) is 38.9 Å². The van der Waals surface area contributed by atoms with Crippen LogP contribution < -0.4 is 16.4 Å². The van der Waals surface area contributed by atoms with Crippen molar-refractivity contribution in [3.8, 4) is 0 Å². The van der Waals surface area contributed by atoms with Crippen molar-refractivity contribution >= 4 is 27.6 Å². The molecule has 0 amide bonds. The van der Waals surface area contributed by atoms with Crippen LogP contribution in [0.2, 0.25) is 5.02 Å². The smallest absolute Gasteiger partial charge is 0.339 e. The van der Waals surface area contributed by atoms with Gasteiger partial charge >= 0.3 is 11.7 Å². The summed E-state index contributed by atoms with van der Waals surface area (Å²) >= 11 is 5.76. The fraction of sp³-hybridized carbons (Fsp3) is 0.312. The van der Waals surface area contributed by atoms with E-state index in [0.29, 0.717) is 12.1 Å². The van der Waals surface area contributed by atoms with Crippen LogP contribution in [0.3, 0.4) is 0 Å². The average Bonchev–Trinajstić information content (AvgIpc) is 2.93. The summed E-state index contributed by atoms with van der Waals surface area (Å²) in [5, 5.41) is 24.7. The highest BCUT2D eigenvalue weighted by Crippen LogP contribution is 2.29. The first-order valence-corrected chi connectivity index (χ1v) is 10.3. The summed E-state index contributed by atoms with van der Waals surface area (Å²) < 4.78 is 47.7. The van der Waals surface area contributed by atoms with E-state index in [1.165, 1.54) is 0 Å². The van der Waals surface area contributed by atoms with Crippen LogP contribution in [0.1, 0.15) is 16.6 Å². The molecule has 1 saturated heterocycles. The minimum absolute atomic E-state index is 0.458. The molecule has 168 valence electrons. The Morgan fingerprint density at radius 3 is 2.61 bits per heavy atom. The van der Waals surface area contributed by atoms with Crippen molar-refractivity contribution in [1.29, 1.82) is 0 Å². The SMILES string of the molecule is NS(=O)(=O)c1cc(C(=O)OC[C@H]2O[C@@H](n3ccc(=O)[nH]c3=O)[C@H](O)[C@@H]2O)c(Cl)cc1F. The van der Waals surface area contributed by atoms with Crippen LogP contribution in [0, 0.1) is 5.82 Å². The number of nitrogens with one attached hydrogen (secondary N) is 1. The zero-order chi connectivity index (χ0) is 23.1. The molecule has 1 aliphatic heterocycles. The largest absolute Gasteiger partial charge is 0.459 e. The van der Waals surface area contributed by atoms with Gasteiger partial charge in [-0.25, -0.2) is 27.5 Å². The highest BCUT2D eigenvalue weighted by molar-refractivity contribution is 7.89. The molecule has 3 rings (SSSR count). The third-order valence-electron chi connectivity index (χ3n) is 4.39. The Morgan fingerprint density at radius 2 is 2.00 bits per heavy atom. The molecule has 31 heavy (non-hydrogen) atoms. The number of hydrogen-bond acceptors (Lipinski definition) is 9. The number of nitrogens with zero attached hydrogens (tertiary/aromatic N) is 1. The minimum Gasteiger partial charge on any atom is -0.459 e. The molecule has 12 nitrogen and oxygen atoms in total. The lowest BCUT2D eigenvalue weighted by Gasteiger charge is -2.16. The first kappa shape index (κ1) is 23.1. The van der Waals surface area contributed by atoms with E-state index in [0.717, 1.165) is 16.8 Å². The van der Waals surface area contributed by atoms with Crippen molar-refractivity contribution in [3.63, 3.8) is 0 Å². The van der Waals surface area contributed by atoms with Crippen molar-refractivity contribution in [1.82, 2.24) is 9.55 Å². The zero-order valence-corrected chi connectivity index (χ0v) is 16.8. The van der Waals surface area contributed by atoms with Crippen molar-refractivity contribution < 1.29 is 37.3 Å². The Kier molecular flexibility index (Phi) is 6.31. The molecule has 5 N–H and O–H groups in total. The van der Waals surface area contributed by atoms with Gasteiger partial charge in [-0.15, -0.1) is 0 Å². The minimum atomic E-state index is -4.49. The molecule has 0 aliphatic carbocycles. The van der Waals surface area contributed by atoms with Gasteiger partial charge in [0, 0.05) is 12.3 Å². The van der Waals surface area contributed by atoms with Gasteiger partial charge < -0.3 is 19.7 Å². The Bertz CT molecular complexity index is 1250. The van der Waals surface area contributed by atoms with Crippen LogP contribution in [0.5, 0.6) is 0 Å². The number of nitrogens with two attached hydrogens (primary N) is 1. The number of H-pyrrole nitrogens is 1. The van der Waals surface area contributed by atoms with E-state index >= 15 is 0 Å². The van der Waals surface area contributed by atoms with E-state index in [2.05, 4.69) is 0 Å². The lowest BCUT2D eigenvalue weighted by atomic mass is 10.1. The highest BCUT2D eigenvalue weighted by Gasteiger charge is 2.44. The molecule has 4 atom stereocenters. The normalized spacial score (nSPS) is 23.6. The van der Waals surface area contributed by atoms with Crippen molar-refractivity contribution in [2.45, 2.75) is 29.4 Å². The lowest BCUT2D eigenvalue weighted by molar-refractivity contribution is -0.0599. The summed E-state index contributed by atoms with van der Waals surface area (Å²) in [5.74, 6) is -2.46. The number of primary sulfonamides is 1. The van der Waals surface area contributed by atoms with Gasteiger partial charge in [0.15, 0.2) is 6.23 Å². The van der Waals surface area contributed by atoms with Gasteiger partial charge in [-0.2, -0.15) is 0 Å². The van der Waals surface area contributed by atoms with E-state index < -0.39 is 79.7 Å². The van der Waals surface area contributed by atoms with Gasteiger partial charge in [0.05, 0.1) is 10.6 Å².